The highest BCUT2D eigenvalue weighted by atomic mass is 127. The van der Waals surface area contributed by atoms with Crippen LogP contribution in [0, 0.1) is 3.57 Å². The van der Waals surface area contributed by atoms with Crippen molar-refractivity contribution in [3.63, 3.8) is 0 Å². The van der Waals surface area contributed by atoms with Crippen molar-refractivity contribution in [1.82, 2.24) is 14.9 Å². The van der Waals surface area contributed by atoms with Gasteiger partial charge in [0.25, 0.3) is 0 Å². The van der Waals surface area contributed by atoms with Crippen molar-refractivity contribution in [2.45, 2.75) is 4.90 Å². The molecule has 24 heavy (non-hydrogen) atoms. The Morgan fingerprint density at radius 2 is 1.96 bits per heavy atom. The second kappa shape index (κ2) is 6.95. The lowest BCUT2D eigenvalue weighted by Gasteiger charge is -2.09. The third-order valence-corrected chi connectivity index (χ3v) is 5.74. The molecule has 126 valence electrons. The van der Waals surface area contributed by atoms with Gasteiger partial charge in [0.15, 0.2) is 5.82 Å². The predicted molar refractivity (Wildman–Crippen MR) is 100 cm³/mol. The van der Waals surface area contributed by atoms with Crippen LogP contribution in [0.3, 0.4) is 0 Å². The first kappa shape index (κ1) is 17.0. The molecule has 7 nitrogen and oxygen atoms in total. The SMILES string of the molecule is Nc1n[nH]c2c(OCCNS(=O)(=O)c3ccccc3)ccc(I)c12. The topological polar surface area (TPSA) is 110 Å². The van der Waals surface area contributed by atoms with Crippen LogP contribution < -0.4 is 15.2 Å². The summed E-state index contributed by atoms with van der Waals surface area (Å²) in [5, 5.41) is 7.62. The Morgan fingerprint density at radius 1 is 1.21 bits per heavy atom. The number of nitrogens with two attached hydrogens (primary N) is 1. The Hall–Kier alpha value is -1.85. The van der Waals surface area contributed by atoms with Crippen molar-refractivity contribution in [2.75, 3.05) is 18.9 Å². The maximum atomic E-state index is 12.1. The molecule has 0 radical (unpaired) electrons. The molecular weight excluding hydrogens is 443 g/mol. The molecule has 0 atom stereocenters. The van der Waals surface area contributed by atoms with E-state index in [2.05, 4.69) is 37.5 Å². The monoisotopic (exact) mass is 458 g/mol. The summed E-state index contributed by atoms with van der Waals surface area (Å²) in [5.41, 5.74) is 6.53. The predicted octanol–water partition coefficient (Wildman–Crippen LogP) is 2.11. The van der Waals surface area contributed by atoms with Gasteiger partial charge in [0, 0.05) is 10.1 Å². The average molecular weight is 458 g/mol. The molecule has 0 aliphatic rings. The van der Waals surface area contributed by atoms with Gasteiger partial charge in [-0.05, 0) is 46.9 Å². The van der Waals surface area contributed by atoms with Gasteiger partial charge in [-0.2, -0.15) is 5.10 Å². The number of hydrogen-bond acceptors (Lipinski definition) is 5. The lowest BCUT2D eigenvalue weighted by atomic mass is 10.2. The molecule has 3 rings (SSSR count). The highest BCUT2D eigenvalue weighted by Gasteiger charge is 2.14. The number of aromatic nitrogens is 2. The highest BCUT2D eigenvalue weighted by molar-refractivity contribution is 14.1. The van der Waals surface area contributed by atoms with E-state index in [1.807, 2.05) is 6.07 Å². The van der Waals surface area contributed by atoms with E-state index in [-0.39, 0.29) is 18.0 Å². The molecule has 4 N–H and O–H groups in total. The Bertz CT molecular complexity index is 958. The summed E-state index contributed by atoms with van der Waals surface area (Å²) in [6, 6.07) is 11.9. The minimum absolute atomic E-state index is 0.147. The van der Waals surface area contributed by atoms with Gasteiger partial charge in [-0.25, -0.2) is 13.1 Å². The summed E-state index contributed by atoms with van der Waals surface area (Å²) in [4.78, 5) is 0.225. The molecule has 1 aromatic heterocycles. The number of nitrogen functional groups attached to an aromatic ring is 1. The molecule has 2 aromatic carbocycles. The Morgan fingerprint density at radius 3 is 2.71 bits per heavy atom. The summed E-state index contributed by atoms with van der Waals surface area (Å²) in [6.45, 7) is 0.328. The highest BCUT2D eigenvalue weighted by Crippen LogP contribution is 2.31. The molecule has 0 saturated carbocycles. The van der Waals surface area contributed by atoms with Gasteiger partial charge in [0.1, 0.15) is 17.9 Å². The molecule has 3 aromatic rings. The number of nitrogens with zero attached hydrogens (tertiary/aromatic N) is 1. The van der Waals surface area contributed by atoms with E-state index in [1.165, 1.54) is 0 Å². The molecule has 0 spiro atoms. The number of hydrogen-bond donors (Lipinski definition) is 3. The van der Waals surface area contributed by atoms with E-state index in [0.717, 1.165) is 8.96 Å². The number of fused-ring (bicyclic) bond motifs is 1. The molecule has 9 heteroatoms. The van der Waals surface area contributed by atoms with Gasteiger partial charge in [-0.3, -0.25) is 5.10 Å². The van der Waals surface area contributed by atoms with E-state index in [9.17, 15) is 8.42 Å². The number of anilines is 1. The number of nitrogens with one attached hydrogen (secondary N) is 2. The smallest absolute Gasteiger partial charge is 0.240 e. The first-order chi connectivity index (χ1) is 11.5. The summed E-state index contributed by atoms with van der Waals surface area (Å²) in [6.07, 6.45) is 0. The average Bonchev–Trinajstić information content (AvgIpc) is 2.97. The van der Waals surface area contributed by atoms with Crippen LogP contribution in [0.5, 0.6) is 5.75 Å². The van der Waals surface area contributed by atoms with Crippen LogP contribution in [-0.2, 0) is 10.0 Å². The number of halogens is 1. The first-order valence-electron chi connectivity index (χ1n) is 7.08. The van der Waals surface area contributed by atoms with Gasteiger partial charge >= 0.3 is 0 Å². The molecule has 1 heterocycles. The van der Waals surface area contributed by atoms with Crippen molar-refractivity contribution in [1.29, 1.82) is 0 Å². The zero-order valence-electron chi connectivity index (χ0n) is 12.5. The number of H-pyrrole nitrogens is 1. The van der Waals surface area contributed by atoms with E-state index < -0.39 is 10.0 Å². The maximum Gasteiger partial charge on any atom is 0.240 e. The van der Waals surface area contributed by atoms with Crippen LogP contribution >= 0.6 is 22.6 Å². The van der Waals surface area contributed by atoms with Crippen molar-refractivity contribution >= 4 is 49.3 Å². The summed E-state index contributed by atoms with van der Waals surface area (Å²) >= 11 is 2.17. The molecule has 0 saturated heterocycles. The van der Waals surface area contributed by atoms with E-state index in [4.69, 9.17) is 10.5 Å². The minimum Gasteiger partial charge on any atom is -0.490 e. The van der Waals surface area contributed by atoms with Crippen LogP contribution in [0.25, 0.3) is 10.9 Å². The third-order valence-electron chi connectivity index (χ3n) is 3.37. The number of ether oxygens (including phenoxy) is 1. The van der Waals surface area contributed by atoms with Gasteiger partial charge < -0.3 is 10.5 Å². The molecule has 0 unspecified atom stereocenters. The molecule has 0 bridgehead atoms. The number of aromatic amines is 1. The second-order valence-corrected chi connectivity index (χ2v) is 7.89. The number of benzene rings is 2. The largest absolute Gasteiger partial charge is 0.490 e. The van der Waals surface area contributed by atoms with E-state index in [1.54, 1.807) is 36.4 Å². The second-order valence-electron chi connectivity index (χ2n) is 4.96. The van der Waals surface area contributed by atoms with Crippen LogP contribution in [0.1, 0.15) is 0 Å². The fraction of sp³-hybridized carbons (Fsp3) is 0.133. The lowest BCUT2D eigenvalue weighted by Crippen LogP contribution is -2.28. The number of sulfonamides is 1. The van der Waals surface area contributed by atoms with Crippen molar-refractivity contribution < 1.29 is 13.2 Å². The molecule has 0 fully saturated rings. The summed E-state index contributed by atoms with van der Waals surface area (Å²) in [5.74, 6) is 0.984. The van der Waals surface area contributed by atoms with Crippen molar-refractivity contribution in [3.05, 3.63) is 46.0 Å². The van der Waals surface area contributed by atoms with Crippen molar-refractivity contribution in [3.8, 4) is 5.75 Å². The molecule has 0 amide bonds. The van der Waals surface area contributed by atoms with Crippen LogP contribution in [-0.4, -0.2) is 31.8 Å². The molecular formula is C15H15IN4O3S. The van der Waals surface area contributed by atoms with Gasteiger partial charge in [0.05, 0.1) is 10.3 Å². The molecule has 0 aliphatic heterocycles. The zero-order chi connectivity index (χ0) is 17.2. The quantitative estimate of drug-likeness (QED) is 0.387. The fourth-order valence-corrected chi connectivity index (χ4v) is 3.99. The molecule has 0 aliphatic carbocycles. The van der Waals surface area contributed by atoms with Gasteiger partial charge in [0.2, 0.25) is 10.0 Å². The standard InChI is InChI=1S/C15H15IN4O3S/c16-11-6-7-12(14-13(11)15(17)20-19-14)23-9-8-18-24(21,22)10-4-2-1-3-5-10/h1-7,18H,8-9H2,(H3,17,19,20). The number of rotatable bonds is 6. The van der Waals surface area contributed by atoms with E-state index in [0.29, 0.717) is 17.1 Å². The van der Waals surface area contributed by atoms with Crippen LogP contribution in [0.4, 0.5) is 5.82 Å². The summed E-state index contributed by atoms with van der Waals surface area (Å²) in [7, 11) is -3.53. The van der Waals surface area contributed by atoms with Gasteiger partial charge in [-0.1, -0.05) is 18.2 Å². The van der Waals surface area contributed by atoms with Gasteiger partial charge in [-0.15, -0.1) is 0 Å². The lowest BCUT2D eigenvalue weighted by molar-refractivity contribution is 0.326. The minimum atomic E-state index is -3.53. The van der Waals surface area contributed by atoms with Crippen molar-refractivity contribution in [2.24, 2.45) is 0 Å². The zero-order valence-corrected chi connectivity index (χ0v) is 15.5. The Kier molecular flexibility index (Phi) is 4.92. The maximum absolute atomic E-state index is 12.1. The van der Waals surface area contributed by atoms with Crippen LogP contribution in [0.2, 0.25) is 0 Å². The van der Waals surface area contributed by atoms with E-state index >= 15 is 0 Å². The third kappa shape index (κ3) is 3.47. The normalized spacial score (nSPS) is 11.7. The fourth-order valence-electron chi connectivity index (χ4n) is 2.23. The first-order valence-corrected chi connectivity index (χ1v) is 9.65. The summed E-state index contributed by atoms with van der Waals surface area (Å²) < 4.78 is 33.3. The Labute approximate surface area is 152 Å². The Balaban J connectivity index is 1.65. The van der Waals surface area contributed by atoms with Crippen LogP contribution in [0.15, 0.2) is 47.4 Å².